The molecule has 1 aromatic carbocycles. The third kappa shape index (κ3) is 4.22. The van der Waals surface area contributed by atoms with Gasteiger partial charge in [0.25, 0.3) is 0 Å². The first-order valence-corrected chi connectivity index (χ1v) is 8.75. The largest absolute Gasteiger partial charge is 0.465 e. The van der Waals surface area contributed by atoms with E-state index in [2.05, 4.69) is 10.2 Å². The lowest BCUT2D eigenvalue weighted by molar-refractivity contribution is 0.0601. The Labute approximate surface area is 147 Å². The van der Waals surface area contributed by atoms with Crippen molar-refractivity contribution in [1.82, 2.24) is 10.2 Å². The third-order valence-corrected chi connectivity index (χ3v) is 4.72. The number of nitrogens with zero attached hydrogens (tertiary/aromatic N) is 2. The fourth-order valence-electron chi connectivity index (χ4n) is 3.30. The Morgan fingerprint density at radius 3 is 2.68 bits per heavy atom. The fourth-order valence-corrected chi connectivity index (χ4v) is 3.30. The van der Waals surface area contributed by atoms with Crippen molar-refractivity contribution >= 4 is 17.7 Å². The minimum absolute atomic E-state index is 0.0450. The summed E-state index contributed by atoms with van der Waals surface area (Å²) in [5.74, 6) is -0.340. The maximum absolute atomic E-state index is 12.3. The van der Waals surface area contributed by atoms with E-state index in [9.17, 15) is 9.59 Å². The van der Waals surface area contributed by atoms with E-state index in [1.165, 1.54) is 7.11 Å². The summed E-state index contributed by atoms with van der Waals surface area (Å²) in [5, 5.41) is 2.96. The lowest BCUT2D eigenvalue weighted by Gasteiger charge is -2.36. The SMILES string of the molecule is COC(=O)c1ccccc1N1CCN(C(=O)NCC2CCCO2)CC1. The molecule has 2 amide bonds. The van der Waals surface area contributed by atoms with Crippen LogP contribution in [0.1, 0.15) is 23.2 Å². The van der Waals surface area contributed by atoms with Gasteiger partial charge in [0.05, 0.1) is 24.5 Å². The van der Waals surface area contributed by atoms with Gasteiger partial charge in [0.1, 0.15) is 0 Å². The molecule has 1 N–H and O–H groups in total. The first-order chi connectivity index (χ1) is 12.2. The molecule has 1 unspecified atom stereocenters. The van der Waals surface area contributed by atoms with Crippen LogP contribution in [0.4, 0.5) is 10.5 Å². The first-order valence-electron chi connectivity index (χ1n) is 8.75. The second-order valence-corrected chi connectivity index (χ2v) is 6.30. The molecule has 2 aliphatic heterocycles. The van der Waals surface area contributed by atoms with Crippen LogP contribution in [0.3, 0.4) is 0 Å². The van der Waals surface area contributed by atoms with Crippen LogP contribution in [0.25, 0.3) is 0 Å². The van der Waals surface area contributed by atoms with Gasteiger partial charge in [0.15, 0.2) is 0 Å². The number of ether oxygens (including phenoxy) is 2. The number of methoxy groups -OCH3 is 1. The number of hydrogen-bond acceptors (Lipinski definition) is 5. The van der Waals surface area contributed by atoms with Crippen LogP contribution < -0.4 is 10.2 Å². The van der Waals surface area contributed by atoms with Crippen molar-refractivity contribution in [2.24, 2.45) is 0 Å². The molecule has 136 valence electrons. The Morgan fingerprint density at radius 2 is 2.00 bits per heavy atom. The quantitative estimate of drug-likeness (QED) is 0.836. The van der Waals surface area contributed by atoms with E-state index in [1.807, 2.05) is 23.1 Å². The number of benzene rings is 1. The van der Waals surface area contributed by atoms with Crippen LogP contribution in [0.15, 0.2) is 24.3 Å². The predicted molar refractivity (Wildman–Crippen MR) is 93.9 cm³/mol. The Balaban J connectivity index is 1.53. The van der Waals surface area contributed by atoms with Gasteiger partial charge in [-0.25, -0.2) is 9.59 Å². The molecule has 0 bridgehead atoms. The summed E-state index contributed by atoms with van der Waals surface area (Å²) < 4.78 is 10.4. The molecular formula is C18H25N3O4. The van der Waals surface area contributed by atoms with E-state index in [0.717, 1.165) is 25.1 Å². The van der Waals surface area contributed by atoms with Crippen LogP contribution in [0, 0.1) is 0 Å². The molecule has 2 fully saturated rings. The van der Waals surface area contributed by atoms with Crippen molar-refractivity contribution in [3.8, 4) is 0 Å². The van der Waals surface area contributed by atoms with Crippen molar-refractivity contribution in [2.75, 3.05) is 51.3 Å². The Morgan fingerprint density at radius 1 is 1.24 bits per heavy atom. The number of nitrogens with one attached hydrogen (secondary N) is 1. The standard InChI is InChI=1S/C18H25N3O4/c1-24-17(22)15-6-2-3-7-16(15)20-8-10-21(11-9-20)18(23)19-13-14-5-4-12-25-14/h2-3,6-7,14H,4-5,8-13H2,1H3,(H,19,23). The monoisotopic (exact) mass is 347 g/mol. The second-order valence-electron chi connectivity index (χ2n) is 6.30. The van der Waals surface area contributed by atoms with Gasteiger partial charge in [0.2, 0.25) is 0 Å². The summed E-state index contributed by atoms with van der Waals surface area (Å²) in [6.45, 7) is 3.96. The zero-order valence-electron chi connectivity index (χ0n) is 14.6. The van der Waals surface area contributed by atoms with E-state index >= 15 is 0 Å². The van der Waals surface area contributed by atoms with Crippen LogP contribution in [0.5, 0.6) is 0 Å². The molecule has 0 radical (unpaired) electrons. The molecule has 0 spiro atoms. The highest BCUT2D eigenvalue weighted by Gasteiger charge is 2.25. The number of amides is 2. The van der Waals surface area contributed by atoms with Gasteiger partial charge in [-0.05, 0) is 25.0 Å². The number of hydrogen-bond donors (Lipinski definition) is 1. The number of piperazine rings is 1. The smallest absolute Gasteiger partial charge is 0.339 e. The van der Waals surface area contributed by atoms with Gasteiger partial charge in [0, 0.05) is 39.3 Å². The number of rotatable bonds is 4. The molecule has 2 aliphatic rings. The van der Waals surface area contributed by atoms with Gasteiger partial charge in [-0.3, -0.25) is 0 Å². The van der Waals surface area contributed by atoms with E-state index in [0.29, 0.717) is 38.3 Å². The summed E-state index contributed by atoms with van der Waals surface area (Å²) in [5.41, 5.74) is 1.41. The molecule has 1 atom stereocenters. The molecule has 1 aromatic rings. The summed E-state index contributed by atoms with van der Waals surface area (Å²) in [4.78, 5) is 28.1. The summed E-state index contributed by atoms with van der Waals surface area (Å²) in [6, 6.07) is 7.37. The van der Waals surface area contributed by atoms with E-state index < -0.39 is 0 Å². The van der Waals surface area contributed by atoms with Crippen molar-refractivity contribution in [3.63, 3.8) is 0 Å². The highest BCUT2D eigenvalue weighted by Crippen LogP contribution is 2.22. The highest BCUT2D eigenvalue weighted by molar-refractivity contribution is 5.95. The maximum Gasteiger partial charge on any atom is 0.339 e. The van der Waals surface area contributed by atoms with Gasteiger partial charge in [-0.2, -0.15) is 0 Å². The minimum Gasteiger partial charge on any atom is -0.465 e. The summed E-state index contributed by atoms with van der Waals surface area (Å²) >= 11 is 0. The fraction of sp³-hybridized carbons (Fsp3) is 0.556. The lowest BCUT2D eigenvalue weighted by Crippen LogP contribution is -2.52. The van der Waals surface area contributed by atoms with E-state index in [4.69, 9.17) is 9.47 Å². The molecule has 7 heteroatoms. The van der Waals surface area contributed by atoms with Gasteiger partial charge >= 0.3 is 12.0 Å². The third-order valence-electron chi connectivity index (χ3n) is 4.72. The second kappa shape index (κ2) is 8.20. The van der Waals surface area contributed by atoms with E-state index in [1.54, 1.807) is 6.07 Å². The van der Waals surface area contributed by atoms with Gasteiger partial charge in [-0.1, -0.05) is 12.1 Å². The predicted octanol–water partition coefficient (Wildman–Crippen LogP) is 1.48. The van der Waals surface area contributed by atoms with Crippen LogP contribution in [0.2, 0.25) is 0 Å². The molecule has 25 heavy (non-hydrogen) atoms. The average molecular weight is 347 g/mol. The number of urea groups is 1. The zero-order chi connectivity index (χ0) is 17.6. The Kier molecular flexibility index (Phi) is 5.75. The van der Waals surface area contributed by atoms with Crippen LogP contribution in [-0.4, -0.2) is 69.4 Å². The lowest BCUT2D eigenvalue weighted by atomic mass is 10.1. The van der Waals surface area contributed by atoms with Crippen molar-refractivity contribution < 1.29 is 19.1 Å². The first kappa shape index (κ1) is 17.5. The summed E-state index contributed by atoms with van der Waals surface area (Å²) in [6.07, 6.45) is 2.23. The molecule has 7 nitrogen and oxygen atoms in total. The van der Waals surface area contributed by atoms with Crippen molar-refractivity contribution in [1.29, 1.82) is 0 Å². The van der Waals surface area contributed by atoms with Gasteiger partial charge < -0.3 is 24.6 Å². The van der Waals surface area contributed by atoms with Crippen molar-refractivity contribution in [3.05, 3.63) is 29.8 Å². The van der Waals surface area contributed by atoms with Crippen LogP contribution >= 0.6 is 0 Å². The molecule has 0 aromatic heterocycles. The molecule has 0 saturated carbocycles. The number of esters is 1. The van der Waals surface area contributed by atoms with E-state index in [-0.39, 0.29) is 18.1 Å². The molecule has 2 heterocycles. The number of carbonyl (C=O) groups is 2. The molecule has 2 saturated heterocycles. The normalized spacial score (nSPS) is 20.4. The maximum atomic E-state index is 12.3. The number of para-hydroxylation sites is 1. The Bertz CT molecular complexity index is 608. The minimum atomic E-state index is -0.340. The van der Waals surface area contributed by atoms with Crippen molar-refractivity contribution in [2.45, 2.75) is 18.9 Å². The summed E-state index contributed by atoms with van der Waals surface area (Å²) in [7, 11) is 1.38. The zero-order valence-corrected chi connectivity index (χ0v) is 14.6. The molecule has 0 aliphatic carbocycles. The number of carbonyl (C=O) groups excluding carboxylic acids is 2. The average Bonchev–Trinajstić information content (AvgIpc) is 3.19. The van der Waals surface area contributed by atoms with Crippen LogP contribution in [-0.2, 0) is 9.47 Å². The number of anilines is 1. The topological polar surface area (TPSA) is 71.1 Å². The molecular weight excluding hydrogens is 322 g/mol. The van der Waals surface area contributed by atoms with Gasteiger partial charge in [-0.15, -0.1) is 0 Å². The highest BCUT2D eigenvalue weighted by atomic mass is 16.5. The Hall–Kier alpha value is -2.28. The molecule has 3 rings (SSSR count).